The number of likely N-dealkylation sites (tertiary alicyclic amines) is 1. The molecular formula is C18H19N7O4. The van der Waals surface area contributed by atoms with Crippen LogP contribution in [-0.2, 0) is 11.3 Å². The molecule has 0 saturated carbocycles. The number of carbonyl (C=O) groups is 1. The van der Waals surface area contributed by atoms with Crippen molar-refractivity contribution in [2.75, 3.05) is 19.9 Å². The lowest BCUT2D eigenvalue weighted by atomic mass is 10.1. The van der Waals surface area contributed by atoms with Gasteiger partial charge in [-0.2, -0.15) is 15.0 Å². The summed E-state index contributed by atoms with van der Waals surface area (Å²) in [5.74, 6) is 1.80. The van der Waals surface area contributed by atoms with Crippen molar-refractivity contribution in [3.05, 3.63) is 42.5 Å². The second kappa shape index (κ2) is 7.08. The van der Waals surface area contributed by atoms with Gasteiger partial charge in [0.25, 0.3) is 5.91 Å². The van der Waals surface area contributed by atoms with Gasteiger partial charge in [-0.15, -0.1) is 5.10 Å². The van der Waals surface area contributed by atoms with Gasteiger partial charge in [-0.05, 0) is 19.1 Å². The van der Waals surface area contributed by atoms with Crippen LogP contribution in [-0.4, -0.2) is 66.8 Å². The van der Waals surface area contributed by atoms with E-state index in [1.54, 1.807) is 51.9 Å². The third-order valence-corrected chi connectivity index (χ3v) is 4.88. The zero-order chi connectivity index (χ0) is 19.8. The topological polar surface area (TPSA) is 109 Å². The number of ether oxygens (including phenoxy) is 3. The SMILES string of the molecule is CC(Oc1ccc2c(c1)OCO2)C(=O)N1CC(n2cc(Cn3nccn3)nn2)C1. The summed E-state index contributed by atoms with van der Waals surface area (Å²) in [6.45, 7) is 3.53. The van der Waals surface area contributed by atoms with Crippen LogP contribution in [0.25, 0.3) is 0 Å². The van der Waals surface area contributed by atoms with Crippen LogP contribution in [0.2, 0.25) is 0 Å². The van der Waals surface area contributed by atoms with E-state index >= 15 is 0 Å². The van der Waals surface area contributed by atoms with E-state index in [9.17, 15) is 4.79 Å². The summed E-state index contributed by atoms with van der Waals surface area (Å²) < 4.78 is 18.2. The lowest BCUT2D eigenvalue weighted by Gasteiger charge is -2.40. The zero-order valence-corrected chi connectivity index (χ0v) is 15.7. The highest BCUT2D eigenvalue weighted by Crippen LogP contribution is 2.35. The predicted molar refractivity (Wildman–Crippen MR) is 97.4 cm³/mol. The molecule has 150 valence electrons. The summed E-state index contributed by atoms with van der Waals surface area (Å²) in [5, 5.41) is 16.4. The van der Waals surface area contributed by atoms with Crippen molar-refractivity contribution in [2.24, 2.45) is 0 Å². The number of benzene rings is 1. The van der Waals surface area contributed by atoms with E-state index in [0.29, 0.717) is 36.9 Å². The largest absolute Gasteiger partial charge is 0.481 e. The standard InChI is InChI=1S/C18H19N7O4/c1-12(29-15-2-3-16-17(6-15)28-11-27-16)18(26)23-9-14(10-23)24-7-13(21-22-24)8-25-19-4-5-20-25/h2-7,12,14H,8-11H2,1H3. The highest BCUT2D eigenvalue weighted by molar-refractivity contribution is 5.81. The average Bonchev–Trinajstić information content (AvgIpc) is 3.42. The Balaban J connectivity index is 1.14. The Morgan fingerprint density at radius 1 is 1.24 bits per heavy atom. The van der Waals surface area contributed by atoms with Gasteiger partial charge in [-0.25, -0.2) is 4.68 Å². The number of aromatic nitrogens is 6. The molecule has 0 N–H and O–H groups in total. The third kappa shape index (κ3) is 3.46. The van der Waals surface area contributed by atoms with Crippen LogP contribution in [0.1, 0.15) is 18.7 Å². The third-order valence-electron chi connectivity index (χ3n) is 4.88. The monoisotopic (exact) mass is 397 g/mol. The summed E-state index contributed by atoms with van der Waals surface area (Å²) in [5.41, 5.74) is 0.769. The molecule has 1 amide bonds. The molecular weight excluding hydrogens is 378 g/mol. The first kappa shape index (κ1) is 17.5. The molecule has 2 aromatic heterocycles. The zero-order valence-electron chi connectivity index (χ0n) is 15.7. The summed E-state index contributed by atoms with van der Waals surface area (Å²) in [7, 11) is 0. The molecule has 2 aliphatic heterocycles. The van der Waals surface area contributed by atoms with Crippen LogP contribution in [0.4, 0.5) is 0 Å². The minimum Gasteiger partial charge on any atom is -0.481 e. The van der Waals surface area contributed by atoms with Gasteiger partial charge < -0.3 is 19.1 Å². The summed E-state index contributed by atoms with van der Waals surface area (Å²) in [4.78, 5) is 15.9. The fourth-order valence-electron chi connectivity index (χ4n) is 3.30. The first-order valence-electron chi connectivity index (χ1n) is 9.25. The summed E-state index contributed by atoms with van der Waals surface area (Å²) in [6, 6.07) is 5.37. The van der Waals surface area contributed by atoms with E-state index in [2.05, 4.69) is 20.5 Å². The summed E-state index contributed by atoms with van der Waals surface area (Å²) in [6.07, 6.45) is 4.50. The van der Waals surface area contributed by atoms with Crippen molar-refractivity contribution in [1.82, 2.24) is 34.9 Å². The Morgan fingerprint density at radius 3 is 2.86 bits per heavy atom. The maximum Gasteiger partial charge on any atom is 0.263 e. The Bertz CT molecular complexity index is 1010. The molecule has 1 atom stereocenters. The molecule has 5 rings (SSSR count). The molecule has 1 fully saturated rings. The Morgan fingerprint density at radius 2 is 2.03 bits per heavy atom. The van der Waals surface area contributed by atoms with Gasteiger partial charge in [-0.1, -0.05) is 5.21 Å². The second-order valence-corrected chi connectivity index (χ2v) is 6.92. The Labute approximate surface area is 165 Å². The fraction of sp³-hybridized carbons (Fsp3) is 0.389. The van der Waals surface area contributed by atoms with E-state index in [0.717, 1.165) is 5.69 Å². The number of rotatable bonds is 6. The van der Waals surface area contributed by atoms with Crippen LogP contribution >= 0.6 is 0 Å². The molecule has 29 heavy (non-hydrogen) atoms. The van der Waals surface area contributed by atoms with Gasteiger partial charge in [0, 0.05) is 19.2 Å². The summed E-state index contributed by atoms with van der Waals surface area (Å²) >= 11 is 0. The molecule has 0 bridgehead atoms. The molecule has 0 radical (unpaired) electrons. The lowest BCUT2D eigenvalue weighted by molar-refractivity contribution is -0.144. The maximum atomic E-state index is 12.6. The normalized spacial score (nSPS) is 16.5. The van der Waals surface area contributed by atoms with Gasteiger partial charge in [0.15, 0.2) is 17.6 Å². The molecule has 0 aliphatic carbocycles. The smallest absolute Gasteiger partial charge is 0.263 e. The number of hydrogen-bond donors (Lipinski definition) is 0. The number of amides is 1. The van der Waals surface area contributed by atoms with Crippen LogP contribution in [0.5, 0.6) is 17.2 Å². The molecule has 4 heterocycles. The van der Waals surface area contributed by atoms with Gasteiger partial charge in [-0.3, -0.25) is 4.79 Å². The van der Waals surface area contributed by atoms with Crippen molar-refractivity contribution >= 4 is 5.91 Å². The first-order chi connectivity index (χ1) is 14.2. The predicted octanol–water partition coefficient (Wildman–Crippen LogP) is 0.497. The van der Waals surface area contributed by atoms with Crippen molar-refractivity contribution in [1.29, 1.82) is 0 Å². The molecule has 11 heteroatoms. The van der Waals surface area contributed by atoms with Crippen LogP contribution < -0.4 is 14.2 Å². The van der Waals surface area contributed by atoms with E-state index < -0.39 is 6.10 Å². The van der Waals surface area contributed by atoms with Gasteiger partial charge >= 0.3 is 0 Å². The van der Waals surface area contributed by atoms with Crippen molar-refractivity contribution in [3.8, 4) is 17.2 Å². The first-order valence-corrected chi connectivity index (χ1v) is 9.25. The average molecular weight is 397 g/mol. The van der Waals surface area contributed by atoms with Gasteiger partial charge in [0.05, 0.1) is 24.6 Å². The molecule has 1 saturated heterocycles. The van der Waals surface area contributed by atoms with Gasteiger partial charge in [0.1, 0.15) is 18.0 Å². The van der Waals surface area contributed by atoms with Crippen molar-refractivity contribution in [3.63, 3.8) is 0 Å². The molecule has 1 aromatic carbocycles. The van der Waals surface area contributed by atoms with Gasteiger partial charge in [0.2, 0.25) is 6.79 Å². The highest BCUT2D eigenvalue weighted by atomic mass is 16.7. The Kier molecular flexibility index (Phi) is 4.26. The quantitative estimate of drug-likeness (QED) is 0.591. The van der Waals surface area contributed by atoms with Crippen molar-refractivity contribution in [2.45, 2.75) is 25.6 Å². The Hall–Kier alpha value is -3.63. The van der Waals surface area contributed by atoms with Crippen molar-refractivity contribution < 1.29 is 19.0 Å². The minimum atomic E-state index is -0.603. The molecule has 11 nitrogen and oxygen atoms in total. The van der Waals surface area contributed by atoms with E-state index in [4.69, 9.17) is 14.2 Å². The van der Waals surface area contributed by atoms with E-state index in [-0.39, 0.29) is 18.7 Å². The maximum absolute atomic E-state index is 12.6. The van der Waals surface area contributed by atoms with Crippen LogP contribution in [0, 0.1) is 0 Å². The molecule has 3 aromatic rings. The number of hydrogen-bond acceptors (Lipinski definition) is 8. The van der Waals surface area contributed by atoms with Crippen LogP contribution in [0.3, 0.4) is 0 Å². The molecule has 2 aliphatic rings. The number of carbonyl (C=O) groups excluding carboxylic acids is 1. The van der Waals surface area contributed by atoms with E-state index in [1.807, 2.05) is 6.20 Å². The fourth-order valence-corrected chi connectivity index (χ4v) is 3.30. The molecule has 0 spiro atoms. The highest BCUT2D eigenvalue weighted by Gasteiger charge is 2.35. The second-order valence-electron chi connectivity index (χ2n) is 6.92. The number of fused-ring (bicyclic) bond motifs is 1. The lowest BCUT2D eigenvalue weighted by Crippen LogP contribution is -2.54. The molecule has 1 unspecified atom stereocenters. The van der Waals surface area contributed by atoms with E-state index in [1.165, 1.54) is 0 Å². The number of nitrogens with zero attached hydrogens (tertiary/aromatic N) is 7. The van der Waals surface area contributed by atoms with Crippen LogP contribution in [0.15, 0.2) is 36.8 Å². The minimum absolute atomic E-state index is 0.0694.